The topological polar surface area (TPSA) is 49.8 Å². The predicted octanol–water partition coefficient (Wildman–Crippen LogP) is 3.01. The van der Waals surface area contributed by atoms with Crippen LogP contribution in [-0.2, 0) is 6.54 Å². The first kappa shape index (κ1) is 15.5. The Morgan fingerprint density at radius 3 is 2.58 bits per heavy atom. The van der Waals surface area contributed by atoms with Gasteiger partial charge in [-0.25, -0.2) is 4.79 Å². The van der Waals surface area contributed by atoms with Gasteiger partial charge in [0, 0.05) is 18.2 Å². The van der Waals surface area contributed by atoms with Gasteiger partial charge in [-0.2, -0.15) is 0 Å². The third-order valence-corrected chi connectivity index (χ3v) is 3.52. The third kappa shape index (κ3) is 3.96. The molecule has 0 spiro atoms. The molecule has 4 nitrogen and oxygen atoms in total. The number of methoxy groups -OCH3 is 1. The smallest absolute Gasteiger partial charge is 0.335 e. The molecule has 0 aliphatic carbocycles. The first-order valence-electron chi connectivity index (χ1n) is 6.67. The molecule has 106 valence electrons. The predicted molar refractivity (Wildman–Crippen MR) is 75.8 cm³/mol. The zero-order valence-corrected chi connectivity index (χ0v) is 12.1. The fourth-order valence-electron chi connectivity index (χ4n) is 2.09. The Bertz CT molecular complexity index is 431. The molecule has 19 heavy (non-hydrogen) atoms. The van der Waals surface area contributed by atoms with Crippen molar-refractivity contribution in [3.05, 3.63) is 29.3 Å². The summed E-state index contributed by atoms with van der Waals surface area (Å²) in [6.45, 7) is 8.07. The van der Waals surface area contributed by atoms with E-state index in [1.54, 1.807) is 25.3 Å². The minimum absolute atomic E-state index is 0.302. The van der Waals surface area contributed by atoms with Crippen LogP contribution < -0.4 is 4.74 Å². The van der Waals surface area contributed by atoms with Crippen molar-refractivity contribution in [1.29, 1.82) is 0 Å². The number of rotatable bonds is 7. The number of carboxylic acid groups (broad SMARTS) is 1. The molecular formula is C15H23NO3. The molecule has 1 unspecified atom stereocenters. The number of carboxylic acids is 1. The van der Waals surface area contributed by atoms with Crippen molar-refractivity contribution in [2.45, 2.75) is 39.8 Å². The average molecular weight is 265 g/mol. The van der Waals surface area contributed by atoms with Crippen molar-refractivity contribution in [2.24, 2.45) is 0 Å². The summed E-state index contributed by atoms with van der Waals surface area (Å²) in [5.74, 6) is -0.165. The summed E-state index contributed by atoms with van der Waals surface area (Å²) in [4.78, 5) is 13.4. The molecule has 0 amide bonds. The second kappa shape index (κ2) is 7.14. The molecule has 0 aromatic heterocycles. The summed E-state index contributed by atoms with van der Waals surface area (Å²) in [6, 6.07) is 5.46. The van der Waals surface area contributed by atoms with Crippen LogP contribution in [0.1, 0.15) is 43.1 Å². The number of ether oxygens (including phenoxy) is 1. The van der Waals surface area contributed by atoms with Gasteiger partial charge in [-0.1, -0.05) is 13.8 Å². The van der Waals surface area contributed by atoms with Crippen LogP contribution in [0, 0.1) is 0 Å². The molecule has 1 aromatic carbocycles. The van der Waals surface area contributed by atoms with Crippen LogP contribution >= 0.6 is 0 Å². The lowest BCUT2D eigenvalue weighted by Gasteiger charge is -2.27. The van der Waals surface area contributed by atoms with Crippen molar-refractivity contribution in [2.75, 3.05) is 13.7 Å². The molecule has 0 bridgehead atoms. The highest BCUT2D eigenvalue weighted by Gasteiger charge is 2.15. The van der Waals surface area contributed by atoms with E-state index >= 15 is 0 Å². The first-order valence-corrected chi connectivity index (χ1v) is 6.67. The summed E-state index contributed by atoms with van der Waals surface area (Å²) < 4.78 is 5.32. The van der Waals surface area contributed by atoms with Gasteiger partial charge in [-0.15, -0.1) is 0 Å². The summed E-state index contributed by atoms with van der Waals surface area (Å²) in [5, 5.41) is 9.07. The molecular weight excluding hydrogens is 242 g/mol. The quantitative estimate of drug-likeness (QED) is 0.823. The molecule has 0 saturated heterocycles. The van der Waals surface area contributed by atoms with Gasteiger partial charge in [0.2, 0.25) is 0 Å². The van der Waals surface area contributed by atoms with Crippen LogP contribution in [0.3, 0.4) is 0 Å². The van der Waals surface area contributed by atoms with Gasteiger partial charge in [0.05, 0.1) is 12.7 Å². The SMILES string of the molecule is CCC(C)N(CC)Cc1cc(C(=O)O)ccc1OC. The maximum absolute atomic E-state index is 11.0. The standard InChI is InChI=1S/C15H23NO3/c1-5-11(3)16(6-2)10-13-9-12(15(17)18)7-8-14(13)19-4/h7-9,11H,5-6,10H2,1-4H3,(H,17,18). The highest BCUT2D eigenvalue weighted by Crippen LogP contribution is 2.23. The normalized spacial score (nSPS) is 12.5. The van der Waals surface area contributed by atoms with Crippen LogP contribution in [0.25, 0.3) is 0 Å². The van der Waals surface area contributed by atoms with Crippen LogP contribution in [0.4, 0.5) is 0 Å². The molecule has 0 heterocycles. The number of hydrogen-bond acceptors (Lipinski definition) is 3. The number of benzene rings is 1. The van der Waals surface area contributed by atoms with Crippen molar-refractivity contribution < 1.29 is 14.6 Å². The highest BCUT2D eigenvalue weighted by atomic mass is 16.5. The maximum Gasteiger partial charge on any atom is 0.335 e. The molecule has 0 radical (unpaired) electrons. The van der Waals surface area contributed by atoms with E-state index in [0.29, 0.717) is 18.2 Å². The second-order valence-electron chi connectivity index (χ2n) is 4.65. The minimum Gasteiger partial charge on any atom is -0.496 e. The van der Waals surface area contributed by atoms with Gasteiger partial charge in [-0.05, 0) is 38.1 Å². The van der Waals surface area contributed by atoms with E-state index in [2.05, 4.69) is 25.7 Å². The van der Waals surface area contributed by atoms with E-state index in [1.165, 1.54) is 0 Å². The fourth-order valence-corrected chi connectivity index (χ4v) is 2.09. The average Bonchev–Trinajstić information content (AvgIpc) is 2.43. The zero-order chi connectivity index (χ0) is 14.4. The Hall–Kier alpha value is -1.55. The Morgan fingerprint density at radius 2 is 2.11 bits per heavy atom. The molecule has 0 fully saturated rings. The van der Waals surface area contributed by atoms with E-state index in [0.717, 1.165) is 24.3 Å². The van der Waals surface area contributed by atoms with Crippen molar-refractivity contribution >= 4 is 5.97 Å². The second-order valence-corrected chi connectivity index (χ2v) is 4.65. The molecule has 1 aromatic rings. The van der Waals surface area contributed by atoms with Crippen molar-refractivity contribution in [1.82, 2.24) is 4.90 Å². The van der Waals surface area contributed by atoms with E-state index in [4.69, 9.17) is 9.84 Å². The van der Waals surface area contributed by atoms with Crippen molar-refractivity contribution in [3.8, 4) is 5.75 Å². The maximum atomic E-state index is 11.0. The monoisotopic (exact) mass is 265 g/mol. The number of nitrogens with zero attached hydrogens (tertiary/aromatic N) is 1. The van der Waals surface area contributed by atoms with Gasteiger partial charge < -0.3 is 9.84 Å². The van der Waals surface area contributed by atoms with Crippen LogP contribution in [0.15, 0.2) is 18.2 Å². The van der Waals surface area contributed by atoms with Gasteiger partial charge in [0.1, 0.15) is 5.75 Å². The van der Waals surface area contributed by atoms with E-state index in [9.17, 15) is 4.79 Å². The molecule has 1 N–H and O–H groups in total. The van der Waals surface area contributed by atoms with E-state index in [1.807, 2.05) is 0 Å². The Kier molecular flexibility index (Phi) is 5.83. The lowest BCUT2D eigenvalue weighted by Crippen LogP contribution is -2.32. The van der Waals surface area contributed by atoms with Gasteiger partial charge in [-0.3, -0.25) is 4.90 Å². The molecule has 1 atom stereocenters. The minimum atomic E-state index is -0.907. The third-order valence-electron chi connectivity index (χ3n) is 3.52. The lowest BCUT2D eigenvalue weighted by molar-refractivity contribution is 0.0696. The summed E-state index contributed by atoms with van der Waals surface area (Å²) in [5.41, 5.74) is 1.22. The Labute approximate surface area is 115 Å². The lowest BCUT2D eigenvalue weighted by atomic mass is 10.1. The van der Waals surface area contributed by atoms with Gasteiger partial charge >= 0.3 is 5.97 Å². The van der Waals surface area contributed by atoms with Gasteiger partial charge in [0.15, 0.2) is 0 Å². The molecule has 0 aliphatic rings. The molecule has 4 heteroatoms. The largest absolute Gasteiger partial charge is 0.496 e. The molecule has 1 rings (SSSR count). The summed E-state index contributed by atoms with van der Waals surface area (Å²) >= 11 is 0. The highest BCUT2D eigenvalue weighted by molar-refractivity contribution is 5.88. The number of hydrogen-bond donors (Lipinski definition) is 1. The zero-order valence-electron chi connectivity index (χ0n) is 12.1. The number of carbonyl (C=O) groups is 1. The molecule has 0 saturated carbocycles. The van der Waals surface area contributed by atoms with Crippen LogP contribution in [-0.4, -0.2) is 35.7 Å². The van der Waals surface area contributed by atoms with Gasteiger partial charge in [0.25, 0.3) is 0 Å². The summed E-state index contributed by atoms with van der Waals surface area (Å²) in [7, 11) is 1.61. The Morgan fingerprint density at radius 1 is 1.42 bits per heavy atom. The first-order chi connectivity index (χ1) is 9.03. The van der Waals surface area contributed by atoms with Crippen LogP contribution in [0.5, 0.6) is 5.75 Å². The fraction of sp³-hybridized carbons (Fsp3) is 0.533. The van der Waals surface area contributed by atoms with E-state index < -0.39 is 5.97 Å². The number of aromatic carboxylic acids is 1. The van der Waals surface area contributed by atoms with Crippen LogP contribution in [0.2, 0.25) is 0 Å². The molecule has 0 aliphatic heterocycles. The van der Waals surface area contributed by atoms with E-state index in [-0.39, 0.29) is 0 Å². The van der Waals surface area contributed by atoms with Crippen molar-refractivity contribution in [3.63, 3.8) is 0 Å². The Balaban J connectivity index is 3.02. The summed E-state index contributed by atoms with van der Waals surface area (Å²) in [6.07, 6.45) is 1.06.